The van der Waals surface area contributed by atoms with Crippen molar-refractivity contribution < 1.29 is 18.5 Å². The second kappa shape index (κ2) is 11.4. The number of benzene rings is 2. The smallest absolute Gasteiger partial charge is 0.294 e. The molecule has 2 amide bonds. The van der Waals surface area contributed by atoms with Gasteiger partial charge in [0.1, 0.15) is 12.4 Å². The molecule has 12 nitrogen and oxygen atoms in total. The highest BCUT2D eigenvalue weighted by molar-refractivity contribution is 5.96. The van der Waals surface area contributed by atoms with E-state index in [0.29, 0.717) is 10.9 Å². The number of carbonyl (C=O) groups is 2. The van der Waals surface area contributed by atoms with Crippen molar-refractivity contribution in [3.63, 3.8) is 0 Å². The molecule has 13 heteroatoms. The molecule has 0 saturated heterocycles. The summed E-state index contributed by atoms with van der Waals surface area (Å²) in [5, 5.41) is 12.3. The summed E-state index contributed by atoms with van der Waals surface area (Å²) in [7, 11) is 0. The van der Waals surface area contributed by atoms with Crippen LogP contribution in [0.25, 0.3) is 22.2 Å². The molecule has 4 rings (SSSR count). The van der Waals surface area contributed by atoms with Gasteiger partial charge in [-0.05, 0) is 58.0 Å². The molecule has 7 N–H and O–H groups in total. The Hall–Kier alpha value is -4.94. The van der Waals surface area contributed by atoms with E-state index in [1.54, 1.807) is 12.1 Å². The second-order valence-corrected chi connectivity index (χ2v) is 9.94. The molecule has 0 aliphatic rings. The van der Waals surface area contributed by atoms with Crippen molar-refractivity contribution in [3.05, 3.63) is 63.8 Å². The number of rotatable bonds is 9. The topological polar surface area (TPSA) is 183 Å². The molecular formula is C27H31FN8O4. The zero-order valence-corrected chi connectivity index (χ0v) is 22.5. The molecule has 2 heterocycles. The molecule has 2 aromatic carbocycles. The monoisotopic (exact) mass is 550 g/mol. The number of carbonyl (C=O) groups excluding carboxylic acids is 2. The van der Waals surface area contributed by atoms with E-state index in [9.17, 15) is 18.8 Å². The van der Waals surface area contributed by atoms with E-state index in [1.165, 1.54) is 29.0 Å². The van der Waals surface area contributed by atoms with Crippen LogP contribution in [0.5, 0.6) is 0 Å². The van der Waals surface area contributed by atoms with Gasteiger partial charge in [-0.25, -0.2) is 9.37 Å². The third-order valence-corrected chi connectivity index (χ3v) is 5.86. The first-order chi connectivity index (χ1) is 18.9. The number of nitrogens with one attached hydrogen (secondary N) is 3. The summed E-state index contributed by atoms with van der Waals surface area (Å²) in [6, 6.07) is 7.06. The lowest BCUT2D eigenvalue weighted by Crippen LogP contribution is -2.35. The van der Waals surface area contributed by atoms with Crippen LogP contribution in [0.4, 0.5) is 21.7 Å². The normalized spacial score (nSPS) is 11.3. The van der Waals surface area contributed by atoms with Crippen LogP contribution < -0.4 is 33.0 Å². The lowest BCUT2D eigenvalue weighted by molar-refractivity contribution is -0.121. The van der Waals surface area contributed by atoms with E-state index in [1.807, 2.05) is 27.7 Å². The number of halogens is 1. The van der Waals surface area contributed by atoms with Crippen molar-refractivity contribution in [1.82, 2.24) is 25.3 Å². The van der Waals surface area contributed by atoms with Crippen molar-refractivity contribution >= 4 is 40.1 Å². The van der Waals surface area contributed by atoms with Gasteiger partial charge in [-0.15, -0.1) is 0 Å². The van der Waals surface area contributed by atoms with Crippen LogP contribution in [0.2, 0.25) is 0 Å². The highest BCUT2D eigenvalue weighted by Crippen LogP contribution is 2.25. The Labute approximate surface area is 228 Å². The van der Waals surface area contributed by atoms with E-state index in [0.717, 1.165) is 0 Å². The molecule has 2 aromatic heterocycles. The standard InChI is InChI=1S/C27H31FN8O4/c1-13(2)33-25-27(39)36(12-23(37)31-10-17-8-22-19(9-20(17)28)24(30)35-40-22)21(11-32-25)15-5-16(7-18(29)6-15)26(38)34-14(3)4/h5-9,11,13-14H,10,12,29H2,1-4H3,(H2,30,35)(H,31,37)(H,32,33)(H,34,38). The fourth-order valence-electron chi connectivity index (χ4n) is 4.07. The Balaban J connectivity index is 1.66. The van der Waals surface area contributed by atoms with E-state index in [-0.39, 0.29) is 64.3 Å². The highest BCUT2D eigenvalue weighted by Gasteiger charge is 2.19. The van der Waals surface area contributed by atoms with Crippen LogP contribution >= 0.6 is 0 Å². The summed E-state index contributed by atoms with van der Waals surface area (Å²) >= 11 is 0. The van der Waals surface area contributed by atoms with Gasteiger partial charge in [-0.2, -0.15) is 0 Å². The highest BCUT2D eigenvalue weighted by atomic mass is 19.1. The third-order valence-electron chi connectivity index (χ3n) is 5.86. The largest absolute Gasteiger partial charge is 0.399 e. The van der Waals surface area contributed by atoms with E-state index in [4.69, 9.17) is 16.0 Å². The number of anilines is 3. The molecule has 0 saturated carbocycles. The number of nitrogens with two attached hydrogens (primary N) is 2. The number of amides is 2. The molecule has 210 valence electrons. The molecule has 40 heavy (non-hydrogen) atoms. The maximum atomic E-state index is 14.6. The predicted octanol–water partition coefficient (Wildman–Crippen LogP) is 2.63. The van der Waals surface area contributed by atoms with Crippen molar-refractivity contribution in [3.8, 4) is 11.3 Å². The lowest BCUT2D eigenvalue weighted by Gasteiger charge is -2.17. The van der Waals surface area contributed by atoms with Gasteiger partial charge in [0, 0.05) is 41.0 Å². The second-order valence-electron chi connectivity index (χ2n) is 9.94. The Bertz CT molecular complexity index is 1640. The lowest BCUT2D eigenvalue weighted by atomic mass is 10.1. The van der Waals surface area contributed by atoms with Crippen molar-refractivity contribution in [2.45, 2.75) is 52.9 Å². The van der Waals surface area contributed by atoms with Gasteiger partial charge in [0.25, 0.3) is 11.5 Å². The van der Waals surface area contributed by atoms with Gasteiger partial charge in [0.2, 0.25) is 5.91 Å². The third kappa shape index (κ3) is 6.20. The van der Waals surface area contributed by atoms with Gasteiger partial charge in [0.05, 0.1) is 17.3 Å². The van der Waals surface area contributed by atoms with Crippen LogP contribution in [0.1, 0.15) is 43.6 Å². The van der Waals surface area contributed by atoms with Crippen molar-refractivity contribution in [2.24, 2.45) is 0 Å². The van der Waals surface area contributed by atoms with E-state index < -0.39 is 23.8 Å². The minimum Gasteiger partial charge on any atom is -0.399 e. The van der Waals surface area contributed by atoms with E-state index in [2.05, 4.69) is 26.1 Å². The molecule has 0 bridgehead atoms. The summed E-state index contributed by atoms with van der Waals surface area (Å²) in [5.41, 5.74) is 12.9. The van der Waals surface area contributed by atoms with Gasteiger partial charge in [-0.1, -0.05) is 5.16 Å². The molecular weight excluding hydrogens is 519 g/mol. The Morgan fingerprint density at radius 1 is 1.07 bits per heavy atom. The zero-order chi connectivity index (χ0) is 29.1. The van der Waals surface area contributed by atoms with Crippen LogP contribution in [0.15, 0.2) is 45.8 Å². The molecule has 4 aromatic rings. The quantitative estimate of drug-likeness (QED) is 0.196. The summed E-state index contributed by atoms with van der Waals surface area (Å²) in [4.78, 5) is 43.3. The predicted molar refractivity (Wildman–Crippen MR) is 150 cm³/mol. The van der Waals surface area contributed by atoms with Crippen LogP contribution in [0, 0.1) is 5.82 Å². The fourth-order valence-corrected chi connectivity index (χ4v) is 4.07. The average Bonchev–Trinajstić information content (AvgIpc) is 3.23. The number of hydrogen-bond acceptors (Lipinski definition) is 9. The first-order valence-electron chi connectivity index (χ1n) is 12.6. The number of aromatic nitrogens is 3. The van der Waals surface area contributed by atoms with E-state index >= 15 is 0 Å². The van der Waals surface area contributed by atoms with Gasteiger partial charge in [-0.3, -0.25) is 19.0 Å². The van der Waals surface area contributed by atoms with Crippen LogP contribution in [-0.4, -0.2) is 38.6 Å². The first kappa shape index (κ1) is 28.1. The summed E-state index contributed by atoms with van der Waals surface area (Å²) < 4.78 is 20.9. The molecule has 0 radical (unpaired) electrons. The summed E-state index contributed by atoms with van der Waals surface area (Å²) in [6.07, 6.45) is 1.43. The number of fused-ring (bicyclic) bond motifs is 1. The maximum absolute atomic E-state index is 14.6. The molecule has 0 aliphatic heterocycles. The van der Waals surface area contributed by atoms with Gasteiger partial charge < -0.3 is 31.9 Å². The maximum Gasteiger partial charge on any atom is 0.294 e. The number of hydrogen-bond donors (Lipinski definition) is 5. The van der Waals surface area contributed by atoms with Crippen LogP contribution in [-0.2, 0) is 17.9 Å². The average molecular weight is 551 g/mol. The van der Waals surface area contributed by atoms with Crippen LogP contribution in [0.3, 0.4) is 0 Å². The minimum atomic E-state index is -0.597. The first-order valence-corrected chi connectivity index (χ1v) is 12.6. The van der Waals surface area contributed by atoms with Crippen molar-refractivity contribution in [1.29, 1.82) is 0 Å². The Morgan fingerprint density at radius 2 is 1.82 bits per heavy atom. The molecule has 0 atom stereocenters. The fraction of sp³-hybridized carbons (Fsp3) is 0.296. The summed E-state index contributed by atoms with van der Waals surface area (Å²) in [5.74, 6) is -1.39. The molecule has 0 unspecified atom stereocenters. The van der Waals surface area contributed by atoms with Gasteiger partial charge >= 0.3 is 0 Å². The zero-order valence-electron chi connectivity index (χ0n) is 22.5. The van der Waals surface area contributed by atoms with Gasteiger partial charge in [0.15, 0.2) is 17.2 Å². The Morgan fingerprint density at radius 3 is 2.52 bits per heavy atom. The number of nitrogen functional groups attached to an aromatic ring is 2. The van der Waals surface area contributed by atoms with Crippen molar-refractivity contribution in [2.75, 3.05) is 16.8 Å². The Kier molecular flexibility index (Phi) is 8.03. The summed E-state index contributed by atoms with van der Waals surface area (Å²) in [6.45, 7) is 6.76. The molecule has 0 aliphatic carbocycles. The molecule has 0 spiro atoms. The number of nitrogens with zero attached hydrogens (tertiary/aromatic N) is 3. The molecule has 0 fully saturated rings. The minimum absolute atomic E-state index is 0.0487. The SMILES string of the molecule is CC(C)NC(=O)c1cc(N)cc(-c2cnc(NC(C)C)c(=O)n2CC(=O)NCc2cc3onc(N)c3cc2F)c1.